The number of hydrogen-bond acceptors (Lipinski definition) is 4. The Hall–Kier alpha value is -0.170. The second-order valence-corrected chi connectivity index (χ2v) is 6.85. The highest BCUT2D eigenvalue weighted by Gasteiger charge is 2.25. The predicted octanol–water partition coefficient (Wildman–Crippen LogP) is 0.181. The van der Waals surface area contributed by atoms with Crippen LogP contribution in [0, 0.1) is 0 Å². The minimum absolute atomic E-state index is 0.269. The lowest BCUT2D eigenvalue weighted by atomic mass is 10.0. The van der Waals surface area contributed by atoms with Crippen molar-refractivity contribution < 1.29 is 13.2 Å². The maximum atomic E-state index is 12.1. The summed E-state index contributed by atoms with van der Waals surface area (Å²) >= 11 is 0. The summed E-state index contributed by atoms with van der Waals surface area (Å²) in [6.07, 6.45) is 4.28. The molecular weight excluding hydrogens is 240 g/mol. The van der Waals surface area contributed by atoms with Gasteiger partial charge in [-0.3, -0.25) is 0 Å². The van der Waals surface area contributed by atoms with Crippen LogP contribution in [-0.2, 0) is 14.8 Å². The molecule has 0 amide bonds. The highest BCUT2D eigenvalue weighted by molar-refractivity contribution is 7.89. The van der Waals surface area contributed by atoms with Gasteiger partial charge in [0.1, 0.15) is 0 Å². The third kappa shape index (κ3) is 3.91. The van der Waals surface area contributed by atoms with E-state index >= 15 is 0 Å². The normalized spacial score (nSPS) is 28.1. The fourth-order valence-corrected chi connectivity index (χ4v) is 3.96. The number of piperidine rings is 1. The maximum Gasteiger partial charge on any atom is 0.214 e. The zero-order chi connectivity index (χ0) is 12.1. The summed E-state index contributed by atoms with van der Waals surface area (Å²) in [6.45, 7) is 3.12. The van der Waals surface area contributed by atoms with Crippen LogP contribution in [0.3, 0.4) is 0 Å². The second kappa shape index (κ2) is 6.13. The third-order valence-corrected chi connectivity index (χ3v) is 5.40. The van der Waals surface area contributed by atoms with Gasteiger partial charge < -0.3 is 10.1 Å². The van der Waals surface area contributed by atoms with Crippen LogP contribution in [0.25, 0.3) is 0 Å². The highest BCUT2D eigenvalue weighted by Crippen LogP contribution is 2.13. The standard InChI is InChI=1S/C11H22N2O3S/c14-17(15,13-6-8-16-9-7-13)10-4-11-3-1-2-5-12-11/h11-12H,1-10H2/t11-/m1/s1. The van der Waals surface area contributed by atoms with E-state index in [0.29, 0.717) is 32.3 Å². The average Bonchev–Trinajstić information content (AvgIpc) is 2.39. The number of ether oxygens (including phenoxy) is 1. The van der Waals surface area contributed by atoms with Crippen LogP contribution in [0.4, 0.5) is 0 Å². The summed E-state index contributed by atoms with van der Waals surface area (Å²) in [5.74, 6) is 0.269. The minimum atomic E-state index is -3.07. The van der Waals surface area contributed by atoms with E-state index in [1.165, 1.54) is 12.8 Å². The molecule has 0 aliphatic carbocycles. The Kier molecular flexibility index (Phi) is 4.78. The SMILES string of the molecule is O=S(=O)(CC[C@H]1CCCCN1)N1CCOCC1. The average molecular weight is 262 g/mol. The van der Waals surface area contributed by atoms with Crippen molar-refractivity contribution in [3.63, 3.8) is 0 Å². The van der Waals surface area contributed by atoms with Gasteiger partial charge in [0, 0.05) is 19.1 Å². The molecule has 0 aromatic heterocycles. The van der Waals surface area contributed by atoms with Crippen LogP contribution in [0.2, 0.25) is 0 Å². The summed E-state index contributed by atoms with van der Waals surface area (Å²) in [5, 5.41) is 3.39. The Balaban J connectivity index is 1.79. The van der Waals surface area contributed by atoms with Crippen molar-refractivity contribution in [2.24, 2.45) is 0 Å². The van der Waals surface area contributed by atoms with Crippen molar-refractivity contribution in [1.82, 2.24) is 9.62 Å². The van der Waals surface area contributed by atoms with Gasteiger partial charge in [0.2, 0.25) is 10.0 Å². The monoisotopic (exact) mass is 262 g/mol. The number of hydrogen-bond donors (Lipinski definition) is 1. The summed E-state index contributed by atoms with van der Waals surface area (Å²) in [5.41, 5.74) is 0. The molecule has 1 N–H and O–H groups in total. The van der Waals surface area contributed by atoms with Crippen LogP contribution < -0.4 is 5.32 Å². The molecule has 2 rings (SSSR count). The molecule has 0 aromatic carbocycles. The summed E-state index contributed by atoms with van der Waals surface area (Å²) in [4.78, 5) is 0. The maximum absolute atomic E-state index is 12.1. The van der Waals surface area contributed by atoms with Gasteiger partial charge in [-0.2, -0.15) is 4.31 Å². The van der Waals surface area contributed by atoms with Crippen molar-refractivity contribution in [3.05, 3.63) is 0 Å². The number of nitrogens with one attached hydrogen (secondary N) is 1. The minimum Gasteiger partial charge on any atom is -0.379 e. The topological polar surface area (TPSA) is 58.6 Å². The Morgan fingerprint density at radius 1 is 1.24 bits per heavy atom. The van der Waals surface area contributed by atoms with Gasteiger partial charge in [-0.05, 0) is 25.8 Å². The molecule has 0 spiro atoms. The summed E-state index contributed by atoms with van der Waals surface area (Å²) < 4.78 is 30.9. The van der Waals surface area contributed by atoms with E-state index < -0.39 is 10.0 Å². The lowest BCUT2D eigenvalue weighted by molar-refractivity contribution is 0.0730. The lowest BCUT2D eigenvalue weighted by Crippen LogP contribution is -2.43. The van der Waals surface area contributed by atoms with E-state index in [4.69, 9.17) is 4.74 Å². The lowest BCUT2D eigenvalue weighted by Gasteiger charge is -2.28. The van der Waals surface area contributed by atoms with E-state index in [1.54, 1.807) is 4.31 Å². The van der Waals surface area contributed by atoms with Gasteiger partial charge in [0.15, 0.2) is 0 Å². The first-order valence-corrected chi connectivity index (χ1v) is 8.08. The fraction of sp³-hybridized carbons (Fsp3) is 1.00. The van der Waals surface area contributed by atoms with Crippen molar-refractivity contribution in [3.8, 4) is 0 Å². The van der Waals surface area contributed by atoms with Crippen LogP contribution >= 0.6 is 0 Å². The van der Waals surface area contributed by atoms with Gasteiger partial charge in [-0.25, -0.2) is 8.42 Å². The molecule has 0 bridgehead atoms. The molecule has 2 aliphatic heterocycles. The van der Waals surface area contributed by atoms with E-state index in [1.807, 2.05) is 0 Å². The van der Waals surface area contributed by atoms with E-state index in [-0.39, 0.29) is 5.75 Å². The van der Waals surface area contributed by atoms with Crippen LogP contribution in [0.15, 0.2) is 0 Å². The first-order chi connectivity index (χ1) is 8.18. The first kappa shape index (κ1) is 13.3. The molecule has 100 valence electrons. The third-order valence-electron chi connectivity index (χ3n) is 3.50. The van der Waals surface area contributed by atoms with Crippen LogP contribution in [0.1, 0.15) is 25.7 Å². The van der Waals surface area contributed by atoms with Gasteiger partial charge in [-0.15, -0.1) is 0 Å². The van der Waals surface area contributed by atoms with Gasteiger partial charge in [0.25, 0.3) is 0 Å². The van der Waals surface area contributed by atoms with Crippen molar-refractivity contribution in [1.29, 1.82) is 0 Å². The Morgan fingerprint density at radius 2 is 2.00 bits per heavy atom. The molecule has 0 aromatic rings. The zero-order valence-electron chi connectivity index (χ0n) is 10.2. The van der Waals surface area contributed by atoms with Crippen molar-refractivity contribution >= 4 is 10.0 Å². The van der Waals surface area contributed by atoms with E-state index in [0.717, 1.165) is 19.4 Å². The summed E-state index contributed by atoms with van der Waals surface area (Å²) in [6, 6.07) is 0.388. The number of nitrogens with zero attached hydrogens (tertiary/aromatic N) is 1. The second-order valence-electron chi connectivity index (χ2n) is 4.76. The van der Waals surface area contributed by atoms with E-state index in [9.17, 15) is 8.42 Å². The molecule has 0 unspecified atom stereocenters. The van der Waals surface area contributed by atoms with Gasteiger partial charge in [0.05, 0.1) is 19.0 Å². The predicted molar refractivity (Wildman–Crippen MR) is 66.4 cm³/mol. The fourth-order valence-electron chi connectivity index (χ4n) is 2.42. The Morgan fingerprint density at radius 3 is 2.65 bits per heavy atom. The van der Waals surface area contributed by atoms with Crippen molar-refractivity contribution in [2.45, 2.75) is 31.7 Å². The molecular formula is C11H22N2O3S. The molecule has 6 heteroatoms. The molecule has 2 heterocycles. The van der Waals surface area contributed by atoms with Crippen LogP contribution in [0.5, 0.6) is 0 Å². The number of sulfonamides is 1. The molecule has 2 fully saturated rings. The Bertz CT molecular complexity index is 320. The highest BCUT2D eigenvalue weighted by atomic mass is 32.2. The van der Waals surface area contributed by atoms with Crippen molar-refractivity contribution in [2.75, 3.05) is 38.6 Å². The zero-order valence-corrected chi connectivity index (χ0v) is 11.0. The Labute approximate surface area is 104 Å². The molecule has 2 aliphatic rings. The molecule has 0 radical (unpaired) electrons. The molecule has 5 nitrogen and oxygen atoms in total. The number of morpholine rings is 1. The summed E-state index contributed by atoms with van der Waals surface area (Å²) in [7, 11) is -3.07. The molecule has 0 saturated carbocycles. The smallest absolute Gasteiger partial charge is 0.214 e. The molecule has 17 heavy (non-hydrogen) atoms. The van der Waals surface area contributed by atoms with Gasteiger partial charge in [-0.1, -0.05) is 6.42 Å². The quantitative estimate of drug-likeness (QED) is 0.785. The largest absolute Gasteiger partial charge is 0.379 e. The first-order valence-electron chi connectivity index (χ1n) is 6.47. The van der Waals surface area contributed by atoms with E-state index in [2.05, 4.69) is 5.32 Å². The number of rotatable bonds is 4. The molecule has 2 saturated heterocycles. The van der Waals surface area contributed by atoms with Gasteiger partial charge >= 0.3 is 0 Å². The van der Waals surface area contributed by atoms with Crippen LogP contribution in [-0.4, -0.2) is 57.4 Å². The molecule has 1 atom stereocenters.